The van der Waals surface area contributed by atoms with E-state index in [1.807, 2.05) is 6.07 Å². The van der Waals surface area contributed by atoms with Gasteiger partial charge in [0.1, 0.15) is 5.75 Å². The van der Waals surface area contributed by atoms with Crippen LogP contribution in [0.3, 0.4) is 0 Å². The van der Waals surface area contributed by atoms with Crippen LogP contribution in [0.4, 0.5) is 5.69 Å². The number of fused-ring (bicyclic) bond motifs is 1. The molecule has 104 valence electrons. The summed E-state index contributed by atoms with van der Waals surface area (Å²) in [6.07, 6.45) is 2.68. The molecular formula is C15H23N3O. The Morgan fingerprint density at radius 1 is 1.32 bits per heavy atom. The molecule has 1 aromatic rings. The summed E-state index contributed by atoms with van der Waals surface area (Å²) in [6.45, 7) is 5.26. The Labute approximate surface area is 115 Å². The number of benzene rings is 1. The third kappa shape index (κ3) is 2.42. The summed E-state index contributed by atoms with van der Waals surface area (Å²) in [5.74, 6) is 0.918. The molecule has 2 aliphatic heterocycles. The second-order valence-electron chi connectivity index (χ2n) is 5.48. The zero-order chi connectivity index (χ0) is 13.2. The fourth-order valence-corrected chi connectivity index (χ4v) is 3.35. The van der Waals surface area contributed by atoms with E-state index in [1.54, 1.807) is 7.11 Å². The average Bonchev–Trinajstić information content (AvgIpc) is 2.93. The average molecular weight is 261 g/mol. The van der Waals surface area contributed by atoms with Crippen molar-refractivity contribution in [3.8, 4) is 5.75 Å². The summed E-state index contributed by atoms with van der Waals surface area (Å²) >= 11 is 0. The Morgan fingerprint density at radius 2 is 2.21 bits per heavy atom. The Morgan fingerprint density at radius 3 is 3.00 bits per heavy atom. The number of piperazine rings is 1. The summed E-state index contributed by atoms with van der Waals surface area (Å²) in [6, 6.07) is 6.95. The molecule has 4 heteroatoms. The molecule has 1 unspecified atom stereocenters. The van der Waals surface area contributed by atoms with Crippen molar-refractivity contribution in [1.29, 1.82) is 0 Å². The van der Waals surface area contributed by atoms with Crippen molar-refractivity contribution in [2.75, 3.05) is 38.2 Å². The summed E-state index contributed by atoms with van der Waals surface area (Å²) < 4.78 is 5.35. The third-order valence-corrected chi connectivity index (χ3v) is 4.44. The van der Waals surface area contributed by atoms with Crippen LogP contribution in [-0.4, -0.2) is 44.2 Å². The van der Waals surface area contributed by atoms with Gasteiger partial charge in [-0.25, -0.2) is 0 Å². The predicted molar refractivity (Wildman–Crippen MR) is 77.7 cm³/mol. The molecule has 2 fully saturated rings. The molecule has 0 aliphatic carbocycles. The van der Waals surface area contributed by atoms with Gasteiger partial charge in [-0.3, -0.25) is 4.90 Å². The standard InChI is InChI=1S/C15H23N3O/c1-19-14-5-4-12(10-16)15(9-14)18-8-7-17-6-2-3-13(17)11-18/h4-5,9,13H,2-3,6-8,10-11,16H2,1H3. The van der Waals surface area contributed by atoms with E-state index in [4.69, 9.17) is 10.5 Å². The number of hydrogen-bond donors (Lipinski definition) is 1. The van der Waals surface area contributed by atoms with Crippen LogP contribution in [0.25, 0.3) is 0 Å². The van der Waals surface area contributed by atoms with Gasteiger partial charge < -0.3 is 15.4 Å². The second-order valence-corrected chi connectivity index (χ2v) is 5.48. The van der Waals surface area contributed by atoms with Crippen molar-refractivity contribution in [3.63, 3.8) is 0 Å². The van der Waals surface area contributed by atoms with Gasteiger partial charge in [0, 0.05) is 44.0 Å². The Kier molecular flexibility index (Phi) is 3.62. The van der Waals surface area contributed by atoms with E-state index in [1.165, 1.54) is 37.2 Å². The number of hydrogen-bond acceptors (Lipinski definition) is 4. The van der Waals surface area contributed by atoms with Gasteiger partial charge in [0.25, 0.3) is 0 Å². The lowest BCUT2D eigenvalue weighted by Crippen LogP contribution is -2.50. The molecule has 2 saturated heterocycles. The van der Waals surface area contributed by atoms with Crippen molar-refractivity contribution < 1.29 is 4.74 Å². The molecule has 0 aromatic heterocycles. The van der Waals surface area contributed by atoms with Gasteiger partial charge in [-0.2, -0.15) is 0 Å². The van der Waals surface area contributed by atoms with Gasteiger partial charge in [-0.1, -0.05) is 6.07 Å². The first-order valence-electron chi connectivity index (χ1n) is 7.18. The van der Waals surface area contributed by atoms with Crippen molar-refractivity contribution >= 4 is 5.69 Å². The van der Waals surface area contributed by atoms with Crippen molar-refractivity contribution in [2.45, 2.75) is 25.4 Å². The van der Waals surface area contributed by atoms with Crippen LogP contribution in [0.15, 0.2) is 18.2 Å². The van der Waals surface area contributed by atoms with Crippen LogP contribution in [-0.2, 0) is 6.54 Å². The molecule has 0 bridgehead atoms. The minimum Gasteiger partial charge on any atom is -0.497 e. The highest BCUT2D eigenvalue weighted by molar-refractivity contribution is 5.58. The summed E-state index contributed by atoms with van der Waals surface area (Å²) in [5, 5.41) is 0. The quantitative estimate of drug-likeness (QED) is 0.894. The zero-order valence-electron chi connectivity index (χ0n) is 11.6. The number of nitrogens with two attached hydrogens (primary N) is 1. The smallest absolute Gasteiger partial charge is 0.120 e. The molecule has 1 atom stereocenters. The molecule has 2 aliphatic rings. The number of nitrogens with zero attached hydrogens (tertiary/aromatic N) is 2. The molecule has 0 saturated carbocycles. The molecule has 19 heavy (non-hydrogen) atoms. The third-order valence-electron chi connectivity index (χ3n) is 4.44. The normalized spacial score (nSPS) is 23.5. The first kappa shape index (κ1) is 12.8. The van der Waals surface area contributed by atoms with Crippen LogP contribution < -0.4 is 15.4 Å². The van der Waals surface area contributed by atoms with Crippen molar-refractivity contribution in [1.82, 2.24) is 4.90 Å². The number of anilines is 1. The summed E-state index contributed by atoms with van der Waals surface area (Å²) in [4.78, 5) is 5.11. The number of ether oxygens (including phenoxy) is 1. The maximum Gasteiger partial charge on any atom is 0.120 e. The predicted octanol–water partition coefficient (Wildman–Crippen LogP) is 1.44. The van der Waals surface area contributed by atoms with E-state index in [0.29, 0.717) is 6.54 Å². The van der Waals surface area contributed by atoms with Crippen LogP contribution in [0, 0.1) is 0 Å². The largest absolute Gasteiger partial charge is 0.497 e. The molecule has 0 amide bonds. The van der Waals surface area contributed by atoms with Gasteiger partial charge in [0.05, 0.1) is 7.11 Å². The molecule has 0 spiro atoms. The van der Waals surface area contributed by atoms with Crippen molar-refractivity contribution in [2.24, 2.45) is 5.73 Å². The lowest BCUT2D eigenvalue weighted by atomic mass is 10.1. The Bertz CT molecular complexity index is 449. The fraction of sp³-hybridized carbons (Fsp3) is 0.600. The van der Waals surface area contributed by atoms with Gasteiger partial charge in [0.15, 0.2) is 0 Å². The van der Waals surface area contributed by atoms with Crippen molar-refractivity contribution in [3.05, 3.63) is 23.8 Å². The number of rotatable bonds is 3. The van der Waals surface area contributed by atoms with Gasteiger partial charge in [0.2, 0.25) is 0 Å². The molecule has 3 rings (SSSR count). The van der Waals surface area contributed by atoms with Crippen LogP contribution in [0.1, 0.15) is 18.4 Å². The van der Waals surface area contributed by atoms with E-state index in [0.717, 1.165) is 24.9 Å². The van der Waals surface area contributed by atoms with E-state index >= 15 is 0 Å². The number of methoxy groups -OCH3 is 1. The first-order valence-corrected chi connectivity index (χ1v) is 7.18. The first-order chi connectivity index (χ1) is 9.31. The van der Waals surface area contributed by atoms with Gasteiger partial charge in [-0.15, -0.1) is 0 Å². The van der Waals surface area contributed by atoms with E-state index < -0.39 is 0 Å². The molecular weight excluding hydrogens is 238 g/mol. The minimum absolute atomic E-state index is 0.588. The highest BCUT2D eigenvalue weighted by atomic mass is 16.5. The van der Waals surface area contributed by atoms with Crippen LogP contribution in [0.2, 0.25) is 0 Å². The molecule has 2 heterocycles. The van der Waals surface area contributed by atoms with Crippen LogP contribution in [0.5, 0.6) is 5.75 Å². The highest BCUT2D eigenvalue weighted by Crippen LogP contribution is 2.30. The second kappa shape index (κ2) is 5.39. The van der Waals surface area contributed by atoms with Gasteiger partial charge in [-0.05, 0) is 31.0 Å². The summed E-state index contributed by atoms with van der Waals surface area (Å²) in [5.41, 5.74) is 8.35. The Balaban J connectivity index is 1.84. The topological polar surface area (TPSA) is 41.7 Å². The SMILES string of the molecule is COc1ccc(CN)c(N2CCN3CCCC3C2)c1. The molecule has 0 radical (unpaired) electrons. The monoisotopic (exact) mass is 261 g/mol. The van der Waals surface area contributed by atoms with E-state index in [2.05, 4.69) is 21.9 Å². The maximum atomic E-state index is 5.88. The molecule has 1 aromatic carbocycles. The lowest BCUT2D eigenvalue weighted by molar-refractivity contribution is 0.230. The van der Waals surface area contributed by atoms with E-state index in [-0.39, 0.29) is 0 Å². The van der Waals surface area contributed by atoms with Crippen LogP contribution >= 0.6 is 0 Å². The maximum absolute atomic E-state index is 5.88. The molecule has 2 N–H and O–H groups in total. The molecule has 4 nitrogen and oxygen atoms in total. The lowest BCUT2D eigenvalue weighted by Gasteiger charge is -2.39. The summed E-state index contributed by atoms with van der Waals surface area (Å²) in [7, 11) is 1.72. The van der Waals surface area contributed by atoms with E-state index in [9.17, 15) is 0 Å². The highest BCUT2D eigenvalue weighted by Gasteiger charge is 2.31. The Hall–Kier alpha value is -1.26. The minimum atomic E-state index is 0.588. The van der Waals surface area contributed by atoms with Gasteiger partial charge >= 0.3 is 0 Å². The zero-order valence-corrected chi connectivity index (χ0v) is 11.6. The fourth-order valence-electron chi connectivity index (χ4n) is 3.35.